The molecule has 7 rings (SSSR count). The van der Waals surface area contributed by atoms with Crippen LogP contribution in [0.1, 0.15) is 97.5 Å². The van der Waals surface area contributed by atoms with Gasteiger partial charge in [-0.25, -0.2) is 0 Å². The SMILES string of the molecule is CC(C)(C)c1cccc2c1-c1c(cccc1C(C)(C)C)C2c1cc2c(c3c1CC3)Cc1ccccc1-2. The van der Waals surface area contributed by atoms with Crippen LogP contribution < -0.4 is 0 Å². The molecule has 0 heterocycles. The molecule has 4 aromatic rings. The number of hydrogen-bond acceptors (Lipinski definition) is 0. The van der Waals surface area contributed by atoms with Gasteiger partial charge in [-0.15, -0.1) is 0 Å². The van der Waals surface area contributed by atoms with Gasteiger partial charge in [-0.1, -0.05) is 102 Å². The van der Waals surface area contributed by atoms with E-state index in [1.807, 2.05) is 0 Å². The van der Waals surface area contributed by atoms with Gasteiger partial charge in [-0.3, -0.25) is 0 Å². The molecule has 3 aliphatic rings. The minimum Gasteiger partial charge on any atom is -0.0619 e. The number of fused-ring (bicyclic) bond motifs is 8. The zero-order chi connectivity index (χ0) is 25.0. The highest BCUT2D eigenvalue weighted by molar-refractivity contribution is 5.88. The van der Waals surface area contributed by atoms with Gasteiger partial charge in [0.1, 0.15) is 0 Å². The maximum absolute atomic E-state index is 2.59. The van der Waals surface area contributed by atoms with Crippen molar-refractivity contribution >= 4 is 0 Å². The molecule has 0 nitrogen and oxygen atoms in total. The van der Waals surface area contributed by atoms with Gasteiger partial charge in [0.05, 0.1) is 0 Å². The maximum Gasteiger partial charge on any atom is 0.0355 e. The average molecular weight is 469 g/mol. The van der Waals surface area contributed by atoms with E-state index in [2.05, 4.69) is 108 Å². The second-order valence-electron chi connectivity index (χ2n) is 13.3. The van der Waals surface area contributed by atoms with Crippen LogP contribution in [0.3, 0.4) is 0 Å². The predicted molar refractivity (Wildman–Crippen MR) is 152 cm³/mol. The molecule has 4 aromatic carbocycles. The summed E-state index contributed by atoms with van der Waals surface area (Å²) in [6.07, 6.45) is 3.55. The zero-order valence-corrected chi connectivity index (χ0v) is 22.5. The summed E-state index contributed by atoms with van der Waals surface area (Å²) < 4.78 is 0. The van der Waals surface area contributed by atoms with Gasteiger partial charge < -0.3 is 0 Å². The van der Waals surface area contributed by atoms with Gasteiger partial charge >= 0.3 is 0 Å². The smallest absolute Gasteiger partial charge is 0.0355 e. The van der Waals surface area contributed by atoms with E-state index in [0.717, 1.165) is 6.42 Å². The third-order valence-electron chi connectivity index (χ3n) is 8.99. The lowest BCUT2D eigenvalue weighted by molar-refractivity contribution is 0.585. The Morgan fingerprint density at radius 1 is 0.556 bits per heavy atom. The van der Waals surface area contributed by atoms with E-state index >= 15 is 0 Å². The molecule has 0 spiro atoms. The van der Waals surface area contributed by atoms with Crippen LogP contribution in [-0.4, -0.2) is 0 Å². The highest BCUT2D eigenvalue weighted by Crippen LogP contribution is 2.56. The lowest BCUT2D eigenvalue weighted by atomic mass is 9.73. The largest absolute Gasteiger partial charge is 0.0619 e. The first-order valence-corrected chi connectivity index (χ1v) is 13.7. The van der Waals surface area contributed by atoms with Crippen LogP contribution in [0.25, 0.3) is 22.3 Å². The molecule has 3 aliphatic carbocycles. The molecule has 0 fully saturated rings. The summed E-state index contributed by atoms with van der Waals surface area (Å²) in [5, 5.41) is 0. The monoisotopic (exact) mass is 468 g/mol. The third kappa shape index (κ3) is 2.94. The third-order valence-corrected chi connectivity index (χ3v) is 8.99. The molecule has 0 amide bonds. The quantitative estimate of drug-likeness (QED) is 0.226. The molecule has 0 saturated heterocycles. The minimum atomic E-state index is 0.0877. The van der Waals surface area contributed by atoms with Crippen molar-refractivity contribution in [1.29, 1.82) is 0 Å². The van der Waals surface area contributed by atoms with Gasteiger partial charge in [0.25, 0.3) is 0 Å². The first-order valence-electron chi connectivity index (χ1n) is 13.7. The molecule has 0 radical (unpaired) electrons. The van der Waals surface area contributed by atoms with Crippen molar-refractivity contribution < 1.29 is 0 Å². The number of hydrogen-bond donors (Lipinski definition) is 0. The fourth-order valence-corrected chi connectivity index (χ4v) is 7.28. The van der Waals surface area contributed by atoms with Crippen LogP contribution in [0.5, 0.6) is 0 Å². The van der Waals surface area contributed by atoms with Crippen molar-refractivity contribution in [3.8, 4) is 22.3 Å². The Morgan fingerprint density at radius 3 is 1.69 bits per heavy atom. The molecule has 36 heavy (non-hydrogen) atoms. The van der Waals surface area contributed by atoms with Gasteiger partial charge in [0.15, 0.2) is 0 Å². The van der Waals surface area contributed by atoms with E-state index in [1.54, 1.807) is 22.3 Å². The van der Waals surface area contributed by atoms with E-state index in [4.69, 9.17) is 0 Å². The summed E-state index contributed by atoms with van der Waals surface area (Å²) in [6, 6.07) is 25.9. The van der Waals surface area contributed by atoms with Crippen LogP contribution in [0.4, 0.5) is 0 Å². The van der Waals surface area contributed by atoms with Gasteiger partial charge in [0.2, 0.25) is 0 Å². The second kappa shape index (κ2) is 7.22. The van der Waals surface area contributed by atoms with E-state index in [9.17, 15) is 0 Å². The molecule has 0 saturated carbocycles. The van der Waals surface area contributed by atoms with Gasteiger partial charge in [-0.05, 0) is 108 Å². The van der Waals surface area contributed by atoms with E-state index in [0.29, 0.717) is 5.92 Å². The van der Waals surface area contributed by atoms with Crippen LogP contribution in [-0.2, 0) is 30.1 Å². The van der Waals surface area contributed by atoms with Gasteiger partial charge in [0, 0.05) is 5.92 Å². The van der Waals surface area contributed by atoms with E-state index in [1.165, 1.54) is 62.9 Å². The molecule has 0 bridgehead atoms. The first-order chi connectivity index (χ1) is 17.1. The highest BCUT2D eigenvalue weighted by Gasteiger charge is 2.40. The zero-order valence-electron chi connectivity index (χ0n) is 22.5. The van der Waals surface area contributed by atoms with Crippen molar-refractivity contribution in [2.24, 2.45) is 0 Å². The Balaban J connectivity index is 1.55. The molecule has 180 valence electrons. The lowest BCUT2D eigenvalue weighted by Gasteiger charge is -2.30. The van der Waals surface area contributed by atoms with E-state index in [-0.39, 0.29) is 10.8 Å². The molecule has 0 aliphatic heterocycles. The Kier molecular flexibility index (Phi) is 4.43. The van der Waals surface area contributed by atoms with Crippen molar-refractivity contribution in [1.82, 2.24) is 0 Å². The van der Waals surface area contributed by atoms with Crippen molar-refractivity contribution in [2.75, 3.05) is 0 Å². The summed E-state index contributed by atoms with van der Waals surface area (Å²) in [5.41, 5.74) is 20.0. The number of rotatable bonds is 1. The molecule has 0 unspecified atom stereocenters. The van der Waals surface area contributed by atoms with Crippen LogP contribution >= 0.6 is 0 Å². The summed E-state index contributed by atoms with van der Waals surface area (Å²) >= 11 is 0. The molecule has 0 heteroatoms. The summed E-state index contributed by atoms with van der Waals surface area (Å²) in [4.78, 5) is 0. The fourth-order valence-electron chi connectivity index (χ4n) is 7.28. The van der Waals surface area contributed by atoms with Crippen molar-refractivity contribution in [2.45, 2.75) is 77.6 Å². The first kappa shape index (κ1) is 22.1. The normalized spacial score (nSPS) is 15.6. The molecule has 0 N–H and O–H groups in total. The molecular formula is C36H36. The summed E-state index contributed by atoms with van der Waals surface area (Å²) in [7, 11) is 0. The Labute approximate surface area is 216 Å². The molecule has 0 aromatic heterocycles. The Bertz CT molecular complexity index is 1500. The highest BCUT2D eigenvalue weighted by atomic mass is 14.4. The second-order valence-corrected chi connectivity index (χ2v) is 13.3. The molecular weight excluding hydrogens is 432 g/mol. The summed E-state index contributed by atoms with van der Waals surface area (Å²) in [6.45, 7) is 14.2. The number of benzene rings is 4. The van der Waals surface area contributed by atoms with E-state index < -0.39 is 0 Å². The maximum atomic E-state index is 2.59. The molecule has 0 atom stereocenters. The lowest BCUT2D eigenvalue weighted by Crippen LogP contribution is -2.18. The van der Waals surface area contributed by atoms with Crippen LogP contribution in [0.2, 0.25) is 0 Å². The average Bonchev–Trinajstić information content (AvgIpc) is 3.32. The van der Waals surface area contributed by atoms with Crippen LogP contribution in [0.15, 0.2) is 66.7 Å². The predicted octanol–water partition coefficient (Wildman–Crippen LogP) is 9.11. The van der Waals surface area contributed by atoms with Crippen molar-refractivity contribution in [3.63, 3.8) is 0 Å². The fraction of sp³-hybridized carbons (Fsp3) is 0.333. The van der Waals surface area contributed by atoms with Crippen LogP contribution in [0, 0.1) is 0 Å². The topological polar surface area (TPSA) is 0 Å². The van der Waals surface area contributed by atoms with Gasteiger partial charge in [-0.2, -0.15) is 0 Å². The van der Waals surface area contributed by atoms with Crippen molar-refractivity contribution in [3.05, 3.63) is 117 Å². The Hall–Kier alpha value is -3.12. The Morgan fingerprint density at radius 2 is 1.14 bits per heavy atom. The standard InChI is InChI=1S/C36H36/c1-35(2,3)30-15-9-13-25-32(26-14-10-16-31(36(4,5)6)34(26)33(25)30)29-20-28-22-12-8-7-11-21(22)19-27(28)23-17-18-24(23)29/h7-16,20,32H,17-19H2,1-6H3. The minimum absolute atomic E-state index is 0.0877. The summed E-state index contributed by atoms with van der Waals surface area (Å²) in [5.74, 6) is 0.312.